The van der Waals surface area contributed by atoms with Crippen LogP contribution < -0.4 is 4.74 Å². The van der Waals surface area contributed by atoms with Gasteiger partial charge in [-0.15, -0.1) is 11.3 Å². The van der Waals surface area contributed by atoms with Gasteiger partial charge >= 0.3 is 5.97 Å². The number of thiazole rings is 1. The number of carboxylic acids is 1. The minimum absolute atomic E-state index is 0.0432. The maximum absolute atomic E-state index is 11.2. The van der Waals surface area contributed by atoms with Gasteiger partial charge < -0.3 is 9.84 Å². The maximum atomic E-state index is 11.2. The largest absolute Gasteiger partial charge is 0.489 e. The molecular formula is C25H24N2O3S. The zero-order valence-electron chi connectivity index (χ0n) is 17.8. The highest BCUT2D eigenvalue weighted by atomic mass is 32.1. The molecule has 31 heavy (non-hydrogen) atoms. The first-order valence-electron chi connectivity index (χ1n) is 10.4. The van der Waals surface area contributed by atoms with E-state index < -0.39 is 5.97 Å². The Balaban J connectivity index is 1.72. The van der Waals surface area contributed by atoms with Crippen LogP contribution in [0, 0.1) is 18.3 Å². The summed E-state index contributed by atoms with van der Waals surface area (Å²) in [6.45, 7) is 5.99. The van der Waals surface area contributed by atoms with E-state index in [4.69, 9.17) is 4.74 Å². The zero-order valence-corrected chi connectivity index (χ0v) is 18.6. The highest BCUT2D eigenvalue weighted by Gasteiger charge is 2.27. The molecule has 1 heterocycles. The molecule has 1 N–H and O–H groups in total. The summed E-state index contributed by atoms with van der Waals surface area (Å²) in [6, 6.07) is 11.9. The molecular weight excluding hydrogens is 408 g/mol. The Morgan fingerprint density at radius 2 is 2.13 bits per heavy atom. The van der Waals surface area contributed by atoms with E-state index in [1.807, 2.05) is 32.2 Å². The fourth-order valence-corrected chi connectivity index (χ4v) is 5.35. The number of hydrogen-bond donors (Lipinski definition) is 1. The number of carbonyl (C=O) groups is 1. The fraction of sp³-hybridized carbons (Fsp3) is 0.320. The number of hydrogen-bond acceptors (Lipinski definition) is 5. The van der Waals surface area contributed by atoms with Crippen LogP contribution in [0.25, 0.3) is 21.0 Å². The summed E-state index contributed by atoms with van der Waals surface area (Å²) < 4.78 is 5.97. The van der Waals surface area contributed by atoms with Gasteiger partial charge in [-0.2, -0.15) is 5.26 Å². The summed E-state index contributed by atoms with van der Waals surface area (Å²) in [5.41, 5.74) is 6.06. The number of nitriles is 1. The summed E-state index contributed by atoms with van der Waals surface area (Å²) in [5, 5.41) is 19.6. The molecule has 1 aromatic heterocycles. The lowest BCUT2D eigenvalue weighted by atomic mass is 9.94. The second kappa shape index (κ2) is 8.52. The average Bonchev–Trinajstić information content (AvgIpc) is 3.36. The number of carboxylic acid groups (broad SMARTS) is 1. The van der Waals surface area contributed by atoms with Crippen LogP contribution in [-0.2, 0) is 11.2 Å². The predicted molar refractivity (Wildman–Crippen MR) is 122 cm³/mol. The molecule has 0 aliphatic heterocycles. The Labute approximate surface area is 186 Å². The van der Waals surface area contributed by atoms with Crippen molar-refractivity contribution >= 4 is 17.3 Å². The Kier molecular flexibility index (Phi) is 5.79. The number of ether oxygens (including phenoxy) is 1. The van der Waals surface area contributed by atoms with Gasteiger partial charge in [0.25, 0.3) is 0 Å². The van der Waals surface area contributed by atoms with Crippen LogP contribution in [0.5, 0.6) is 5.75 Å². The average molecular weight is 433 g/mol. The topological polar surface area (TPSA) is 83.2 Å². The number of nitrogens with zero attached hydrogens (tertiary/aromatic N) is 2. The molecule has 0 radical (unpaired) electrons. The van der Waals surface area contributed by atoms with Crippen molar-refractivity contribution < 1.29 is 14.6 Å². The molecule has 3 aromatic rings. The van der Waals surface area contributed by atoms with Crippen LogP contribution in [-0.4, -0.2) is 22.2 Å². The normalized spacial score (nSPS) is 15.0. The lowest BCUT2D eigenvalue weighted by Gasteiger charge is -2.14. The Bertz CT molecular complexity index is 1190. The molecule has 1 aliphatic rings. The van der Waals surface area contributed by atoms with E-state index in [9.17, 15) is 15.2 Å². The third-order valence-corrected chi connectivity index (χ3v) is 6.79. The molecule has 5 nitrogen and oxygen atoms in total. The molecule has 0 saturated carbocycles. The molecule has 6 heteroatoms. The van der Waals surface area contributed by atoms with E-state index in [-0.39, 0.29) is 18.4 Å². The minimum Gasteiger partial charge on any atom is -0.489 e. The highest BCUT2D eigenvalue weighted by molar-refractivity contribution is 7.18. The van der Waals surface area contributed by atoms with Crippen molar-refractivity contribution in [3.63, 3.8) is 0 Å². The number of aromatic nitrogens is 1. The molecule has 2 aromatic carbocycles. The first-order chi connectivity index (χ1) is 14.9. The smallest absolute Gasteiger partial charge is 0.303 e. The SMILES string of the molecule is Cc1c(-c2ncc(-c3cccc(C#N)c3OC(C)C)s2)ccc2c1CC[C@@H]2CC(=O)O. The monoisotopic (exact) mass is 432 g/mol. The summed E-state index contributed by atoms with van der Waals surface area (Å²) in [6.07, 6.45) is 3.76. The quantitative estimate of drug-likeness (QED) is 0.520. The van der Waals surface area contributed by atoms with Gasteiger partial charge in [0.2, 0.25) is 0 Å². The third-order valence-electron chi connectivity index (χ3n) is 5.73. The maximum Gasteiger partial charge on any atom is 0.303 e. The highest BCUT2D eigenvalue weighted by Crippen LogP contribution is 2.43. The van der Waals surface area contributed by atoms with E-state index in [0.29, 0.717) is 11.3 Å². The number of benzene rings is 2. The molecule has 0 saturated heterocycles. The van der Waals surface area contributed by atoms with Crippen molar-refractivity contribution in [1.82, 2.24) is 4.98 Å². The van der Waals surface area contributed by atoms with Crippen LogP contribution >= 0.6 is 11.3 Å². The van der Waals surface area contributed by atoms with Crippen LogP contribution in [0.4, 0.5) is 0 Å². The molecule has 0 spiro atoms. The Morgan fingerprint density at radius 1 is 1.32 bits per heavy atom. The van der Waals surface area contributed by atoms with E-state index >= 15 is 0 Å². The standard InChI is InChI=1S/C25H24N2O3S/c1-14(2)30-24-17(12-26)5-4-6-21(24)22-13-27-25(31-22)19-9-10-20-16(11-23(28)29)7-8-18(20)15(19)3/h4-6,9-10,13-14,16H,7-8,11H2,1-3H3,(H,28,29)/t16-/m1/s1. The molecule has 0 bridgehead atoms. The second-order valence-corrected chi connectivity index (χ2v) is 9.16. The van der Waals surface area contributed by atoms with Crippen molar-refractivity contribution in [2.45, 2.75) is 52.1 Å². The molecule has 1 atom stereocenters. The van der Waals surface area contributed by atoms with Gasteiger partial charge in [0, 0.05) is 17.3 Å². The number of aliphatic carboxylic acids is 1. The van der Waals surface area contributed by atoms with Crippen LogP contribution in [0.1, 0.15) is 54.9 Å². The predicted octanol–water partition coefficient (Wildman–Crippen LogP) is 5.95. The second-order valence-electron chi connectivity index (χ2n) is 8.13. The third kappa shape index (κ3) is 4.06. The van der Waals surface area contributed by atoms with Gasteiger partial charge in [0.15, 0.2) is 0 Å². The molecule has 1 aliphatic carbocycles. The first kappa shape index (κ1) is 21.1. The molecule has 158 valence electrons. The first-order valence-corrected chi connectivity index (χ1v) is 11.2. The lowest BCUT2D eigenvalue weighted by molar-refractivity contribution is -0.137. The van der Waals surface area contributed by atoms with E-state index in [0.717, 1.165) is 39.4 Å². The van der Waals surface area contributed by atoms with E-state index in [1.165, 1.54) is 11.1 Å². The fourth-order valence-electron chi connectivity index (χ4n) is 4.33. The zero-order chi connectivity index (χ0) is 22.1. The molecule has 0 amide bonds. The van der Waals surface area contributed by atoms with Gasteiger partial charge in [-0.3, -0.25) is 4.79 Å². The molecule has 0 unspecified atom stereocenters. The van der Waals surface area contributed by atoms with E-state index in [1.54, 1.807) is 17.4 Å². The summed E-state index contributed by atoms with van der Waals surface area (Å²) in [7, 11) is 0. The molecule has 0 fully saturated rings. The summed E-state index contributed by atoms with van der Waals surface area (Å²) in [5.74, 6) is -0.0582. The summed E-state index contributed by atoms with van der Waals surface area (Å²) >= 11 is 1.58. The van der Waals surface area contributed by atoms with Gasteiger partial charge in [-0.1, -0.05) is 18.2 Å². The molecule has 4 rings (SSSR count). The van der Waals surface area contributed by atoms with Crippen LogP contribution in [0.15, 0.2) is 36.5 Å². The van der Waals surface area contributed by atoms with Crippen molar-refractivity contribution in [2.75, 3.05) is 0 Å². The lowest BCUT2D eigenvalue weighted by Crippen LogP contribution is -2.07. The van der Waals surface area contributed by atoms with Crippen molar-refractivity contribution in [3.8, 4) is 32.8 Å². The van der Waals surface area contributed by atoms with Crippen LogP contribution in [0.2, 0.25) is 0 Å². The number of para-hydroxylation sites is 1. The van der Waals surface area contributed by atoms with Crippen LogP contribution in [0.3, 0.4) is 0 Å². The van der Waals surface area contributed by atoms with Gasteiger partial charge in [0.05, 0.1) is 23.0 Å². The van der Waals surface area contributed by atoms with Gasteiger partial charge in [0.1, 0.15) is 16.8 Å². The van der Waals surface area contributed by atoms with Crippen molar-refractivity contribution in [2.24, 2.45) is 0 Å². The number of fused-ring (bicyclic) bond motifs is 1. The Morgan fingerprint density at radius 3 is 2.84 bits per heavy atom. The number of rotatable bonds is 6. The van der Waals surface area contributed by atoms with Gasteiger partial charge in [-0.25, -0.2) is 4.98 Å². The summed E-state index contributed by atoms with van der Waals surface area (Å²) in [4.78, 5) is 16.8. The Hall–Kier alpha value is -3.17. The van der Waals surface area contributed by atoms with Gasteiger partial charge in [-0.05, 0) is 68.4 Å². The van der Waals surface area contributed by atoms with Crippen molar-refractivity contribution in [3.05, 3.63) is 58.8 Å². The van der Waals surface area contributed by atoms with Crippen molar-refractivity contribution in [1.29, 1.82) is 5.26 Å². The van der Waals surface area contributed by atoms with E-state index in [2.05, 4.69) is 30.1 Å². The minimum atomic E-state index is -0.747.